The third-order valence-corrected chi connectivity index (χ3v) is 3.35. The Balaban J connectivity index is 3.57. The van der Waals surface area contributed by atoms with E-state index >= 15 is 0 Å². The fraction of sp³-hybridized carbons (Fsp3) is 0.409. The normalized spacial score (nSPS) is 13.0. The summed E-state index contributed by atoms with van der Waals surface area (Å²) >= 11 is 0. The van der Waals surface area contributed by atoms with Crippen LogP contribution in [0.1, 0.15) is 58.3 Å². The second-order valence-corrected chi connectivity index (χ2v) is 5.58. The second kappa shape index (κ2) is 19.0. The van der Waals surface area contributed by atoms with E-state index in [9.17, 15) is 4.79 Å². The second-order valence-electron chi connectivity index (χ2n) is 5.58. The van der Waals surface area contributed by atoms with Crippen LogP contribution in [0.4, 0.5) is 0 Å². The summed E-state index contributed by atoms with van der Waals surface area (Å²) in [5.74, 6) is -0.936. The van der Waals surface area contributed by atoms with Gasteiger partial charge in [0.05, 0.1) is 0 Å². The van der Waals surface area contributed by atoms with Crippen LogP contribution in [0.5, 0.6) is 0 Å². The molecule has 0 unspecified atom stereocenters. The predicted octanol–water partition coefficient (Wildman–Crippen LogP) is 6.55. The molecule has 0 aliphatic carbocycles. The molecule has 0 bridgehead atoms. The number of rotatable bonds is 14. The van der Waals surface area contributed by atoms with E-state index in [0.29, 0.717) is 0 Å². The molecule has 0 aliphatic heterocycles. The maximum atomic E-state index is 10.2. The Labute approximate surface area is 147 Å². The van der Waals surface area contributed by atoms with Crippen LogP contribution >= 0.6 is 0 Å². The topological polar surface area (TPSA) is 37.3 Å². The summed E-state index contributed by atoms with van der Waals surface area (Å²) in [7, 11) is 0. The van der Waals surface area contributed by atoms with Crippen LogP contribution in [0.3, 0.4) is 0 Å². The number of carboxylic acids is 1. The lowest BCUT2D eigenvalue weighted by Crippen LogP contribution is -1.84. The van der Waals surface area contributed by atoms with Gasteiger partial charge in [0.15, 0.2) is 0 Å². The molecule has 24 heavy (non-hydrogen) atoms. The van der Waals surface area contributed by atoms with E-state index in [0.717, 1.165) is 12.5 Å². The van der Waals surface area contributed by atoms with E-state index in [4.69, 9.17) is 5.11 Å². The first-order valence-corrected chi connectivity index (χ1v) is 9.00. The van der Waals surface area contributed by atoms with Gasteiger partial charge in [0.2, 0.25) is 0 Å². The Morgan fingerprint density at radius 2 is 1.12 bits per heavy atom. The smallest absolute Gasteiger partial charge is 0.328 e. The van der Waals surface area contributed by atoms with Crippen LogP contribution in [0, 0.1) is 0 Å². The fourth-order valence-corrected chi connectivity index (χ4v) is 2.05. The summed E-state index contributed by atoms with van der Waals surface area (Å²) in [4.78, 5) is 10.2. The first kappa shape index (κ1) is 21.9. The van der Waals surface area contributed by atoms with E-state index in [1.54, 1.807) is 12.2 Å². The van der Waals surface area contributed by atoms with Crippen molar-refractivity contribution in [2.75, 3.05) is 0 Å². The van der Waals surface area contributed by atoms with Crippen molar-refractivity contribution in [1.29, 1.82) is 0 Å². The molecule has 0 spiro atoms. The molecular formula is C22H32O2. The minimum Gasteiger partial charge on any atom is -0.478 e. The van der Waals surface area contributed by atoms with E-state index in [-0.39, 0.29) is 0 Å². The van der Waals surface area contributed by atoms with Crippen LogP contribution in [0.25, 0.3) is 0 Å². The zero-order chi connectivity index (χ0) is 17.7. The van der Waals surface area contributed by atoms with Crippen molar-refractivity contribution in [1.82, 2.24) is 0 Å². The summed E-state index contributed by atoms with van der Waals surface area (Å²) < 4.78 is 0. The first-order chi connectivity index (χ1) is 11.8. The van der Waals surface area contributed by atoms with Crippen molar-refractivity contribution < 1.29 is 9.90 Å². The molecule has 0 saturated carbocycles. The lowest BCUT2D eigenvalue weighted by Gasteiger charge is -1.98. The van der Waals surface area contributed by atoms with Crippen LogP contribution in [0.15, 0.2) is 72.9 Å². The lowest BCUT2D eigenvalue weighted by molar-refractivity contribution is -0.131. The van der Waals surface area contributed by atoms with Gasteiger partial charge < -0.3 is 5.11 Å². The molecule has 2 heteroatoms. The van der Waals surface area contributed by atoms with E-state index in [1.807, 2.05) is 36.5 Å². The van der Waals surface area contributed by atoms with Crippen molar-refractivity contribution in [3.05, 3.63) is 72.9 Å². The number of unbranched alkanes of at least 4 members (excludes halogenated alkanes) is 7. The molecule has 2 nitrogen and oxygen atoms in total. The Morgan fingerprint density at radius 1 is 0.667 bits per heavy atom. The van der Waals surface area contributed by atoms with Crippen molar-refractivity contribution in [3.8, 4) is 0 Å². The molecule has 0 rings (SSSR count). The summed E-state index contributed by atoms with van der Waals surface area (Å²) in [6.45, 7) is 2.25. The van der Waals surface area contributed by atoms with Crippen LogP contribution < -0.4 is 0 Å². The minimum atomic E-state index is -0.936. The number of hydrogen-bond donors (Lipinski definition) is 1. The molecule has 0 fully saturated rings. The Morgan fingerprint density at radius 3 is 1.67 bits per heavy atom. The first-order valence-electron chi connectivity index (χ1n) is 9.00. The van der Waals surface area contributed by atoms with Crippen molar-refractivity contribution in [3.63, 3.8) is 0 Å². The summed E-state index contributed by atoms with van der Waals surface area (Å²) in [5, 5.41) is 8.39. The predicted molar refractivity (Wildman–Crippen MR) is 105 cm³/mol. The average molecular weight is 328 g/mol. The Hall–Kier alpha value is -2.09. The highest BCUT2D eigenvalue weighted by atomic mass is 16.4. The molecule has 0 radical (unpaired) electrons. The number of carbonyl (C=O) groups is 1. The quantitative estimate of drug-likeness (QED) is 0.223. The third-order valence-electron chi connectivity index (χ3n) is 3.35. The van der Waals surface area contributed by atoms with Crippen LogP contribution in [-0.4, -0.2) is 11.1 Å². The molecule has 0 aromatic heterocycles. The highest BCUT2D eigenvalue weighted by Crippen LogP contribution is 2.08. The minimum absolute atomic E-state index is 0.936. The Kier molecular flexibility index (Phi) is 17.3. The number of aliphatic carboxylic acids is 1. The zero-order valence-electron chi connectivity index (χ0n) is 14.9. The van der Waals surface area contributed by atoms with Gasteiger partial charge in [-0.1, -0.05) is 112 Å². The summed E-state index contributed by atoms with van der Waals surface area (Å²) in [6.07, 6.45) is 32.7. The molecule has 0 aromatic carbocycles. The van der Waals surface area contributed by atoms with Crippen LogP contribution in [0.2, 0.25) is 0 Å². The molecular weight excluding hydrogens is 296 g/mol. The van der Waals surface area contributed by atoms with Gasteiger partial charge in [-0.15, -0.1) is 0 Å². The number of allylic oxidation sites excluding steroid dienone is 11. The molecule has 0 atom stereocenters. The van der Waals surface area contributed by atoms with Crippen molar-refractivity contribution in [2.45, 2.75) is 58.3 Å². The van der Waals surface area contributed by atoms with Gasteiger partial charge in [-0.05, 0) is 12.8 Å². The number of carboxylic acid groups (broad SMARTS) is 1. The van der Waals surface area contributed by atoms with Gasteiger partial charge in [-0.3, -0.25) is 0 Å². The molecule has 0 heterocycles. The summed E-state index contributed by atoms with van der Waals surface area (Å²) in [6, 6.07) is 0. The van der Waals surface area contributed by atoms with Gasteiger partial charge in [0, 0.05) is 6.08 Å². The average Bonchev–Trinajstić information content (AvgIpc) is 2.56. The molecule has 132 valence electrons. The van der Waals surface area contributed by atoms with E-state index < -0.39 is 5.97 Å². The van der Waals surface area contributed by atoms with Crippen LogP contribution in [-0.2, 0) is 4.79 Å². The molecule has 0 aliphatic rings. The Bertz CT molecular complexity index is 462. The molecule has 0 amide bonds. The molecule has 0 saturated heterocycles. The van der Waals surface area contributed by atoms with Gasteiger partial charge in [0.1, 0.15) is 0 Å². The highest BCUT2D eigenvalue weighted by molar-refractivity contribution is 5.80. The zero-order valence-corrected chi connectivity index (χ0v) is 14.9. The largest absolute Gasteiger partial charge is 0.478 e. The van der Waals surface area contributed by atoms with E-state index in [2.05, 4.69) is 19.1 Å². The van der Waals surface area contributed by atoms with E-state index in [1.165, 1.54) is 51.0 Å². The van der Waals surface area contributed by atoms with Gasteiger partial charge >= 0.3 is 5.97 Å². The molecule has 0 aromatic rings. The standard InChI is InChI=1S/C22H32O2/c1-2-3-4-5-6-7-8-9-10-11-12-13-14-15-16-17-18-19-20-21-22(23)24/h10-21H,2-9H2,1H3,(H,23,24)/b11-10-,13-12-,15-14+,17-16-,19-18-,21-20+. The van der Waals surface area contributed by atoms with Gasteiger partial charge in [-0.25, -0.2) is 4.79 Å². The van der Waals surface area contributed by atoms with Gasteiger partial charge in [0.25, 0.3) is 0 Å². The van der Waals surface area contributed by atoms with Crippen molar-refractivity contribution >= 4 is 5.97 Å². The molecule has 1 N–H and O–H groups in total. The summed E-state index contributed by atoms with van der Waals surface area (Å²) in [5.41, 5.74) is 0. The number of hydrogen-bond acceptors (Lipinski definition) is 1. The highest BCUT2D eigenvalue weighted by Gasteiger charge is 1.88. The maximum absolute atomic E-state index is 10.2. The SMILES string of the molecule is CCCCCCCCC\C=C/C=C\C=C\C=C/C=C\C=C\C(=O)O. The fourth-order valence-electron chi connectivity index (χ4n) is 2.05. The monoisotopic (exact) mass is 328 g/mol. The third kappa shape index (κ3) is 19.9. The van der Waals surface area contributed by atoms with Crippen molar-refractivity contribution in [2.24, 2.45) is 0 Å². The van der Waals surface area contributed by atoms with Gasteiger partial charge in [-0.2, -0.15) is 0 Å². The maximum Gasteiger partial charge on any atom is 0.328 e. The lowest BCUT2D eigenvalue weighted by atomic mass is 10.1.